The Labute approximate surface area is 161 Å². The first-order valence-corrected chi connectivity index (χ1v) is 10.3. The zero-order valence-corrected chi connectivity index (χ0v) is 16.1. The maximum Gasteiger partial charge on any atom is 0.305 e. The average molecular weight is 385 g/mol. The molecule has 0 saturated heterocycles. The summed E-state index contributed by atoms with van der Waals surface area (Å²) < 4.78 is 0. The van der Waals surface area contributed by atoms with E-state index in [2.05, 4.69) is 40.4 Å². The third-order valence-corrected chi connectivity index (χ3v) is 6.28. The second-order valence-corrected chi connectivity index (χ2v) is 8.42. The lowest BCUT2D eigenvalue weighted by molar-refractivity contribution is -0.137. The minimum absolute atomic E-state index is 0.0725. The lowest BCUT2D eigenvalue weighted by Crippen LogP contribution is -2.26. The number of anilines is 1. The van der Waals surface area contributed by atoms with E-state index in [-0.39, 0.29) is 12.5 Å². The lowest BCUT2D eigenvalue weighted by Gasteiger charge is -2.23. The van der Waals surface area contributed by atoms with Gasteiger partial charge in [-0.15, -0.1) is 11.8 Å². The molecule has 1 aromatic carbocycles. The molecule has 1 aliphatic carbocycles. The number of H-pyrrole nitrogens is 1. The maximum absolute atomic E-state index is 11.5. The van der Waals surface area contributed by atoms with Gasteiger partial charge in [-0.1, -0.05) is 0 Å². The van der Waals surface area contributed by atoms with Crippen molar-refractivity contribution in [1.82, 2.24) is 4.98 Å². The molecule has 2 aliphatic rings. The zero-order chi connectivity index (χ0) is 19.0. The maximum atomic E-state index is 11.5. The van der Waals surface area contributed by atoms with E-state index in [0.29, 0.717) is 30.4 Å². The van der Waals surface area contributed by atoms with E-state index < -0.39 is 5.97 Å². The number of carboxylic acids is 1. The number of carboxylic acid groups (broad SMARTS) is 1. The number of thioether (sulfide) groups is 1. The molecule has 1 atom stereocenters. The molecule has 0 spiro atoms. The second-order valence-electron chi connectivity index (χ2n) is 7.41. The summed E-state index contributed by atoms with van der Waals surface area (Å²) in [5, 5.41) is 14.6. The Morgan fingerprint density at radius 2 is 2.11 bits per heavy atom. The number of nitrogens with zero attached hydrogens (tertiary/aromatic N) is 1. The quantitative estimate of drug-likeness (QED) is 0.729. The van der Waals surface area contributed by atoms with E-state index >= 15 is 0 Å². The number of aromatic nitrogens is 1. The fourth-order valence-corrected chi connectivity index (χ4v) is 4.83. The molecule has 7 heteroatoms. The van der Waals surface area contributed by atoms with E-state index in [1.165, 1.54) is 5.56 Å². The van der Waals surface area contributed by atoms with Gasteiger partial charge in [-0.2, -0.15) is 0 Å². The van der Waals surface area contributed by atoms with Gasteiger partial charge in [0.05, 0.1) is 29.4 Å². The Balaban J connectivity index is 1.60. The SMILES string of the molecule is Cc1cc(NC2CCC(=O)CC2)c2[nH]c(C3=N[C@H](CC(=O)O)CS3)cc2c1. The number of ketones is 1. The minimum Gasteiger partial charge on any atom is -0.481 e. The molecule has 2 aromatic rings. The molecule has 6 nitrogen and oxygen atoms in total. The first kappa shape index (κ1) is 18.1. The summed E-state index contributed by atoms with van der Waals surface area (Å²) in [7, 11) is 0. The number of rotatable bonds is 5. The van der Waals surface area contributed by atoms with Crippen molar-refractivity contribution in [2.45, 2.75) is 51.1 Å². The van der Waals surface area contributed by atoms with Crippen LogP contribution in [0.1, 0.15) is 43.4 Å². The van der Waals surface area contributed by atoms with E-state index in [1.54, 1.807) is 11.8 Å². The molecule has 0 radical (unpaired) electrons. The Morgan fingerprint density at radius 3 is 2.85 bits per heavy atom. The van der Waals surface area contributed by atoms with Gasteiger partial charge in [0.2, 0.25) is 0 Å². The number of fused-ring (bicyclic) bond motifs is 1. The molecular formula is C20H23N3O3S. The number of carbonyl (C=O) groups is 2. The van der Waals surface area contributed by atoms with Gasteiger partial charge in [0.15, 0.2) is 0 Å². The Morgan fingerprint density at radius 1 is 1.33 bits per heavy atom. The van der Waals surface area contributed by atoms with Crippen LogP contribution in [0.5, 0.6) is 0 Å². The highest BCUT2D eigenvalue weighted by atomic mass is 32.2. The Hall–Kier alpha value is -2.28. The summed E-state index contributed by atoms with van der Waals surface area (Å²) in [5.41, 5.74) is 4.21. The molecule has 1 fully saturated rings. The molecule has 3 N–H and O–H groups in total. The van der Waals surface area contributed by atoms with Gasteiger partial charge in [0, 0.05) is 30.0 Å². The number of aliphatic imine (C=N–C) groups is 1. The number of aromatic amines is 1. The molecule has 142 valence electrons. The van der Waals surface area contributed by atoms with Crippen LogP contribution in [0.25, 0.3) is 10.9 Å². The van der Waals surface area contributed by atoms with Crippen molar-refractivity contribution >= 4 is 45.1 Å². The van der Waals surface area contributed by atoms with Gasteiger partial charge in [-0.25, -0.2) is 0 Å². The number of hydrogen-bond donors (Lipinski definition) is 3. The topological polar surface area (TPSA) is 94.5 Å². The predicted molar refractivity (Wildman–Crippen MR) is 109 cm³/mol. The zero-order valence-electron chi connectivity index (χ0n) is 15.2. The summed E-state index contributed by atoms with van der Waals surface area (Å²) in [6, 6.07) is 6.52. The van der Waals surface area contributed by atoms with Crippen LogP contribution in [0.2, 0.25) is 0 Å². The molecule has 2 heterocycles. The van der Waals surface area contributed by atoms with Crippen molar-refractivity contribution in [1.29, 1.82) is 0 Å². The normalized spacial score (nSPS) is 20.9. The molecule has 1 aromatic heterocycles. The van der Waals surface area contributed by atoms with Gasteiger partial charge < -0.3 is 15.4 Å². The summed E-state index contributed by atoms with van der Waals surface area (Å²) in [5.74, 6) is 0.254. The van der Waals surface area contributed by atoms with E-state index in [0.717, 1.165) is 40.2 Å². The van der Waals surface area contributed by atoms with Gasteiger partial charge in [0.1, 0.15) is 10.8 Å². The van der Waals surface area contributed by atoms with Crippen LogP contribution in [-0.4, -0.2) is 44.7 Å². The number of benzene rings is 1. The molecule has 4 rings (SSSR count). The van der Waals surface area contributed by atoms with Gasteiger partial charge in [-0.3, -0.25) is 14.6 Å². The van der Waals surface area contributed by atoms with Crippen LogP contribution < -0.4 is 5.32 Å². The molecule has 0 unspecified atom stereocenters. The highest BCUT2D eigenvalue weighted by molar-refractivity contribution is 8.14. The number of Topliss-reactive ketones (excluding diaryl/α,β-unsaturated/α-hetero) is 1. The molecular weight excluding hydrogens is 362 g/mol. The molecule has 0 bridgehead atoms. The fraction of sp³-hybridized carbons (Fsp3) is 0.450. The predicted octanol–water partition coefficient (Wildman–Crippen LogP) is 3.74. The number of carbonyl (C=O) groups excluding carboxylic acids is 1. The average Bonchev–Trinajstić information content (AvgIpc) is 3.23. The fourth-order valence-electron chi connectivity index (χ4n) is 3.80. The first-order valence-electron chi connectivity index (χ1n) is 9.32. The van der Waals surface area contributed by atoms with Crippen molar-refractivity contribution in [3.05, 3.63) is 29.5 Å². The van der Waals surface area contributed by atoms with Crippen LogP contribution in [0.4, 0.5) is 5.69 Å². The Bertz CT molecular complexity index is 924. The van der Waals surface area contributed by atoms with Crippen LogP contribution in [0, 0.1) is 6.92 Å². The van der Waals surface area contributed by atoms with Crippen LogP contribution in [0.3, 0.4) is 0 Å². The standard InChI is InChI=1S/C20H23N3O3S/c1-11-6-12-8-17(20-22-14(10-27-20)9-18(25)26)23-19(12)16(7-11)21-13-2-4-15(24)5-3-13/h6-8,13-14,21,23H,2-5,9-10H2,1H3,(H,25,26)/t14-/m1/s1. The summed E-state index contributed by atoms with van der Waals surface area (Å²) >= 11 is 1.60. The summed E-state index contributed by atoms with van der Waals surface area (Å²) in [6.45, 7) is 2.08. The van der Waals surface area contributed by atoms with Crippen molar-refractivity contribution < 1.29 is 14.7 Å². The monoisotopic (exact) mass is 385 g/mol. The molecule has 1 aliphatic heterocycles. The molecule has 27 heavy (non-hydrogen) atoms. The van der Waals surface area contributed by atoms with E-state index in [1.807, 2.05) is 0 Å². The first-order chi connectivity index (χ1) is 13.0. The minimum atomic E-state index is -0.810. The van der Waals surface area contributed by atoms with Crippen molar-refractivity contribution in [3.63, 3.8) is 0 Å². The van der Waals surface area contributed by atoms with Gasteiger partial charge in [-0.05, 0) is 43.5 Å². The van der Waals surface area contributed by atoms with Crippen LogP contribution >= 0.6 is 11.8 Å². The largest absolute Gasteiger partial charge is 0.481 e. The second kappa shape index (κ2) is 7.38. The summed E-state index contributed by atoms with van der Waals surface area (Å²) in [6.07, 6.45) is 3.13. The van der Waals surface area contributed by atoms with Crippen molar-refractivity contribution in [2.24, 2.45) is 4.99 Å². The van der Waals surface area contributed by atoms with Crippen molar-refractivity contribution in [2.75, 3.05) is 11.1 Å². The van der Waals surface area contributed by atoms with E-state index in [4.69, 9.17) is 5.11 Å². The van der Waals surface area contributed by atoms with Crippen LogP contribution in [-0.2, 0) is 9.59 Å². The molecule has 1 saturated carbocycles. The van der Waals surface area contributed by atoms with Crippen LogP contribution in [0.15, 0.2) is 23.2 Å². The number of hydrogen-bond acceptors (Lipinski definition) is 5. The number of nitrogens with one attached hydrogen (secondary N) is 2. The highest BCUT2D eigenvalue weighted by Gasteiger charge is 2.24. The van der Waals surface area contributed by atoms with Crippen molar-refractivity contribution in [3.8, 4) is 0 Å². The van der Waals surface area contributed by atoms with Gasteiger partial charge in [0.25, 0.3) is 0 Å². The van der Waals surface area contributed by atoms with E-state index in [9.17, 15) is 9.59 Å². The van der Waals surface area contributed by atoms with Gasteiger partial charge >= 0.3 is 5.97 Å². The highest BCUT2D eigenvalue weighted by Crippen LogP contribution is 2.32. The number of aliphatic carboxylic acids is 1. The third kappa shape index (κ3) is 4.03. The summed E-state index contributed by atoms with van der Waals surface area (Å²) in [4.78, 5) is 30.5. The molecule has 0 amide bonds. The third-order valence-electron chi connectivity index (χ3n) is 5.13. The Kier molecular flexibility index (Phi) is 4.95. The smallest absolute Gasteiger partial charge is 0.305 e. The lowest BCUT2D eigenvalue weighted by atomic mass is 9.94. The number of aryl methyl sites for hydroxylation is 1.